The molecule has 0 amide bonds. The molecular weight excluding hydrogens is 175 g/mol. The Bertz CT molecular complexity index is 386. The van der Waals surface area contributed by atoms with Crippen LogP contribution in [-0.2, 0) is 0 Å². The minimum atomic E-state index is -0.0753. The first kappa shape index (κ1) is 10.4. The van der Waals surface area contributed by atoms with Crippen LogP contribution in [0.2, 0.25) is 0 Å². The molecule has 0 fully saturated rings. The maximum Gasteiger partial charge on any atom is 0.158 e. The summed E-state index contributed by atoms with van der Waals surface area (Å²) in [6.45, 7) is 0. The van der Waals surface area contributed by atoms with E-state index in [1.54, 1.807) is 12.1 Å². The molecule has 3 heteroatoms. The van der Waals surface area contributed by atoms with Crippen molar-refractivity contribution >= 4 is 40.3 Å². The molecule has 2 rings (SSSR count). The molecule has 0 atom stereocenters. The van der Waals surface area contributed by atoms with Crippen LogP contribution in [0, 0.1) is 0 Å². The molecule has 2 aromatic carbocycles. The molecule has 0 saturated carbocycles. The fraction of sp³-hybridized carbons (Fsp3) is 0. The molecule has 0 saturated heterocycles. The van der Waals surface area contributed by atoms with Crippen LogP contribution in [0.25, 0.3) is 10.8 Å². The van der Waals surface area contributed by atoms with E-state index in [0.717, 1.165) is 10.8 Å². The average molecular weight is 183 g/mol. The summed E-state index contributed by atoms with van der Waals surface area (Å²) in [7, 11) is 0. The third-order valence-electron chi connectivity index (χ3n) is 1.84. The number of benzene rings is 2. The van der Waals surface area contributed by atoms with E-state index in [0.29, 0.717) is 0 Å². The van der Waals surface area contributed by atoms with E-state index < -0.39 is 0 Å². The summed E-state index contributed by atoms with van der Waals surface area (Å²) in [4.78, 5) is 0. The van der Waals surface area contributed by atoms with Crippen molar-refractivity contribution in [3.05, 3.63) is 36.4 Å². The van der Waals surface area contributed by atoms with Crippen molar-refractivity contribution in [3.8, 4) is 11.5 Å². The quantitative estimate of drug-likeness (QED) is 0.483. The number of rotatable bonds is 0. The summed E-state index contributed by atoms with van der Waals surface area (Å²) in [6.07, 6.45) is 0. The summed E-state index contributed by atoms with van der Waals surface area (Å²) >= 11 is 0. The molecule has 1 radical (unpaired) electrons. The average Bonchev–Trinajstić information content (AvgIpc) is 2.07. The summed E-state index contributed by atoms with van der Waals surface area (Å²) in [5.74, 6) is -0.151. The van der Waals surface area contributed by atoms with Crippen LogP contribution in [-0.4, -0.2) is 39.8 Å². The van der Waals surface area contributed by atoms with Gasteiger partial charge in [-0.05, 0) is 22.9 Å². The first-order valence-electron chi connectivity index (χ1n) is 3.68. The van der Waals surface area contributed by atoms with Crippen LogP contribution in [0.1, 0.15) is 0 Å². The third-order valence-corrected chi connectivity index (χ3v) is 1.84. The van der Waals surface area contributed by atoms with Crippen LogP contribution in [0.4, 0.5) is 0 Å². The standard InChI is InChI=1S/C10H8O2.Na/c11-9-5-7-3-1-2-4-8(7)6-10(9)12;/h1-6,11-12H;. The Kier molecular flexibility index (Phi) is 3.20. The molecule has 61 valence electrons. The minimum absolute atomic E-state index is 0. The molecule has 0 aliphatic carbocycles. The molecule has 0 heterocycles. The molecule has 0 unspecified atom stereocenters. The van der Waals surface area contributed by atoms with Crippen molar-refractivity contribution in [3.63, 3.8) is 0 Å². The molecule has 2 aromatic rings. The van der Waals surface area contributed by atoms with E-state index in [1.807, 2.05) is 24.3 Å². The molecular formula is C10H8NaO2. The van der Waals surface area contributed by atoms with Gasteiger partial charge in [-0.25, -0.2) is 0 Å². The van der Waals surface area contributed by atoms with Gasteiger partial charge in [-0.3, -0.25) is 0 Å². The number of hydrogen-bond donors (Lipinski definition) is 2. The second-order valence-electron chi connectivity index (χ2n) is 2.69. The number of aromatic hydroxyl groups is 2. The van der Waals surface area contributed by atoms with Crippen LogP contribution in [0.5, 0.6) is 11.5 Å². The predicted octanol–water partition coefficient (Wildman–Crippen LogP) is 1.87. The number of fused-ring (bicyclic) bond motifs is 1. The van der Waals surface area contributed by atoms with E-state index in [4.69, 9.17) is 10.2 Å². The summed E-state index contributed by atoms with van der Waals surface area (Å²) in [6, 6.07) is 10.6. The largest absolute Gasteiger partial charge is 0.504 e. The Morgan fingerprint density at radius 3 is 1.54 bits per heavy atom. The van der Waals surface area contributed by atoms with E-state index in [-0.39, 0.29) is 41.1 Å². The molecule has 2 N–H and O–H groups in total. The summed E-state index contributed by atoms with van der Waals surface area (Å²) < 4.78 is 0. The number of phenolic OH excluding ortho intramolecular Hbond substituents is 2. The van der Waals surface area contributed by atoms with Gasteiger partial charge < -0.3 is 10.2 Å². The van der Waals surface area contributed by atoms with Gasteiger partial charge in [-0.1, -0.05) is 24.3 Å². The van der Waals surface area contributed by atoms with Crippen molar-refractivity contribution in [2.24, 2.45) is 0 Å². The fourth-order valence-corrected chi connectivity index (χ4v) is 1.22. The zero-order valence-electron chi connectivity index (χ0n) is 7.36. The second kappa shape index (κ2) is 4.01. The SMILES string of the molecule is Oc1cc2ccccc2cc1O.[Na]. The van der Waals surface area contributed by atoms with Crippen LogP contribution in [0.3, 0.4) is 0 Å². The smallest absolute Gasteiger partial charge is 0.158 e. The predicted molar refractivity (Wildman–Crippen MR) is 53.0 cm³/mol. The van der Waals surface area contributed by atoms with Gasteiger partial charge in [0.15, 0.2) is 11.5 Å². The Balaban J connectivity index is 0.000000845. The molecule has 0 spiro atoms. The van der Waals surface area contributed by atoms with E-state index in [2.05, 4.69) is 0 Å². The minimum Gasteiger partial charge on any atom is -0.504 e. The van der Waals surface area contributed by atoms with Gasteiger partial charge in [0.1, 0.15) is 0 Å². The first-order valence-corrected chi connectivity index (χ1v) is 3.68. The van der Waals surface area contributed by atoms with Gasteiger partial charge in [0.05, 0.1) is 0 Å². The van der Waals surface area contributed by atoms with E-state index in [1.165, 1.54) is 0 Å². The molecule has 0 aliphatic rings. The third kappa shape index (κ3) is 1.97. The van der Waals surface area contributed by atoms with Crippen molar-refractivity contribution in [1.29, 1.82) is 0 Å². The maximum atomic E-state index is 9.17. The van der Waals surface area contributed by atoms with Gasteiger partial charge in [0.2, 0.25) is 0 Å². The van der Waals surface area contributed by atoms with Gasteiger partial charge in [0.25, 0.3) is 0 Å². The zero-order valence-corrected chi connectivity index (χ0v) is 9.36. The topological polar surface area (TPSA) is 40.5 Å². The number of hydrogen-bond acceptors (Lipinski definition) is 2. The summed E-state index contributed by atoms with van der Waals surface area (Å²) in [5.41, 5.74) is 0. The molecule has 13 heavy (non-hydrogen) atoms. The summed E-state index contributed by atoms with van der Waals surface area (Å²) in [5, 5.41) is 20.2. The van der Waals surface area contributed by atoms with Crippen LogP contribution >= 0.6 is 0 Å². The molecule has 0 aliphatic heterocycles. The Morgan fingerprint density at radius 2 is 1.15 bits per heavy atom. The van der Waals surface area contributed by atoms with Gasteiger partial charge >= 0.3 is 0 Å². The van der Waals surface area contributed by atoms with Gasteiger partial charge in [0, 0.05) is 29.6 Å². The second-order valence-corrected chi connectivity index (χ2v) is 2.69. The fourth-order valence-electron chi connectivity index (χ4n) is 1.22. The van der Waals surface area contributed by atoms with Crippen molar-refractivity contribution in [1.82, 2.24) is 0 Å². The van der Waals surface area contributed by atoms with E-state index >= 15 is 0 Å². The zero-order chi connectivity index (χ0) is 8.55. The van der Waals surface area contributed by atoms with Crippen LogP contribution < -0.4 is 0 Å². The van der Waals surface area contributed by atoms with E-state index in [9.17, 15) is 0 Å². The van der Waals surface area contributed by atoms with Crippen molar-refractivity contribution in [2.75, 3.05) is 0 Å². The maximum absolute atomic E-state index is 9.17. The molecule has 0 aromatic heterocycles. The van der Waals surface area contributed by atoms with Crippen molar-refractivity contribution in [2.45, 2.75) is 0 Å². The molecule has 0 bridgehead atoms. The Morgan fingerprint density at radius 1 is 0.769 bits per heavy atom. The first-order chi connectivity index (χ1) is 5.77. The molecule has 2 nitrogen and oxygen atoms in total. The monoisotopic (exact) mass is 183 g/mol. The Labute approximate surface area is 98.1 Å². The van der Waals surface area contributed by atoms with Gasteiger partial charge in [-0.15, -0.1) is 0 Å². The Hall–Kier alpha value is -0.700. The number of phenols is 2. The van der Waals surface area contributed by atoms with Crippen LogP contribution in [0.15, 0.2) is 36.4 Å². The van der Waals surface area contributed by atoms with Gasteiger partial charge in [-0.2, -0.15) is 0 Å². The van der Waals surface area contributed by atoms with Crippen molar-refractivity contribution < 1.29 is 10.2 Å². The normalized spacial score (nSPS) is 9.54.